The van der Waals surface area contributed by atoms with Gasteiger partial charge in [-0.15, -0.1) is 0 Å². The first-order chi connectivity index (χ1) is 8.58. The highest BCUT2D eigenvalue weighted by Crippen LogP contribution is 2.27. The van der Waals surface area contributed by atoms with Gasteiger partial charge in [-0.2, -0.15) is 4.98 Å². The van der Waals surface area contributed by atoms with Crippen LogP contribution >= 0.6 is 15.9 Å². The largest absolute Gasteiger partial charge is 0.494 e. The third kappa shape index (κ3) is 2.86. The van der Waals surface area contributed by atoms with Crippen LogP contribution in [0.15, 0.2) is 28.9 Å². The molecule has 1 heterocycles. The van der Waals surface area contributed by atoms with E-state index in [1.807, 2.05) is 0 Å². The van der Waals surface area contributed by atoms with E-state index in [4.69, 9.17) is 10.5 Å². The minimum Gasteiger partial charge on any atom is -0.494 e. The highest BCUT2D eigenvalue weighted by Gasteiger charge is 2.07. The lowest BCUT2D eigenvalue weighted by Gasteiger charge is -2.10. The molecule has 0 atom stereocenters. The Morgan fingerprint density at radius 3 is 2.78 bits per heavy atom. The lowest BCUT2D eigenvalue weighted by atomic mass is 10.3. The molecule has 0 saturated heterocycles. The van der Waals surface area contributed by atoms with Crippen LogP contribution in [0.2, 0.25) is 0 Å². The first kappa shape index (κ1) is 12.6. The Bertz CT molecular complexity index is 559. The van der Waals surface area contributed by atoms with Gasteiger partial charge in [-0.1, -0.05) is 0 Å². The molecule has 0 bridgehead atoms. The zero-order valence-electron chi connectivity index (χ0n) is 9.45. The molecule has 0 aliphatic carbocycles. The van der Waals surface area contributed by atoms with Crippen LogP contribution in [0.1, 0.15) is 0 Å². The SMILES string of the molecule is COc1cc(F)ccc1Nc1nc(N)cc(Br)n1. The third-order valence-electron chi connectivity index (χ3n) is 2.12. The molecule has 7 heteroatoms. The maximum absolute atomic E-state index is 13.0. The fourth-order valence-corrected chi connectivity index (χ4v) is 1.78. The second-order valence-corrected chi connectivity index (χ2v) is 4.22. The van der Waals surface area contributed by atoms with Crippen LogP contribution in [-0.4, -0.2) is 17.1 Å². The number of ether oxygens (including phenoxy) is 1. The maximum Gasteiger partial charge on any atom is 0.230 e. The molecule has 0 saturated carbocycles. The van der Waals surface area contributed by atoms with E-state index < -0.39 is 0 Å². The molecular formula is C11H10BrFN4O. The summed E-state index contributed by atoms with van der Waals surface area (Å²) in [6.07, 6.45) is 0. The van der Waals surface area contributed by atoms with Crippen molar-refractivity contribution in [1.82, 2.24) is 9.97 Å². The number of nitrogens with one attached hydrogen (secondary N) is 1. The lowest BCUT2D eigenvalue weighted by molar-refractivity contribution is 0.413. The Hall–Kier alpha value is -1.89. The number of hydrogen-bond acceptors (Lipinski definition) is 5. The molecule has 2 rings (SSSR count). The van der Waals surface area contributed by atoms with Crippen LogP contribution in [0.3, 0.4) is 0 Å². The van der Waals surface area contributed by atoms with Crippen molar-refractivity contribution in [2.45, 2.75) is 0 Å². The van der Waals surface area contributed by atoms with Crippen molar-refractivity contribution in [3.63, 3.8) is 0 Å². The van der Waals surface area contributed by atoms with E-state index in [1.54, 1.807) is 6.07 Å². The van der Waals surface area contributed by atoms with Crippen molar-refractivity contribution in [3.05, 3.63) is 34.7 Å². The first-order valence-electron chi connectivity index (χ1n) is 4.99. The van der Waals surface area contributed by atoms with Crippen molar-refractivity contribution >= 4 is 33.4 Å². The molecule has 94 valence electrons. The van der Waals surface area contributed by atoms with E-state index in [1.165, 1.54) is 25.3 Å². The molecule has 0 aliphatic rings. The summed E-state index contributed by atoms with van der Waals surface area (Å²) >= 11 is 3.21. The highest BCUT2D eigenvalue weighted by molar-refractivity contribution is 9.10. The number of hydrogen-bond donors (Lipinski definition) is 2. The van der Waals surface area contributed by atoms with Crippen molar-refractivity contribution in [2.24, 2.45) is 0 Å². The molecule has 5 nitrogen and oxygen atoms in total. The Labute approximate surface area is 111 Å². The van der Waals surface area contributed by atoms with Crippen LogP contribution in [0.25, 0.3) is 0 Å². The van der Waals surface area contributed by atoms with Gasteiger partial charge in [0.25, 0.3) is 0 Å². The summed E-state index contributed by atoms with van der Waals surface area (Å²) in [4.78, 5) is 8.10. The number of rotatable bonds is 3. The minimum absolute atomic E-state index is 0.298. The van der Waals surface area contributed by atoms with Gasteiger partial charge in [0.2, 0.25) is 5.95 Å². The van der Waals surface area contributed by atoms with Gasteiger partial charge in [-0.25, -0.2) is 9.37 Å². The van der Waals surface area contributed by atoms with Crippen LogP contribution in [-0.2, 0) is 0 Å². The number of aromatic nitrogens is 2. The quantitative estimate of drug-likeness (QED) is 0.852. The minimum atomic E-state index is -0.382. The summed E-state index contributed by atoms with van der Waals surface area (Å²) in [5.74, 6) is 0.594. The average Bonchev–Trinajstić information content (AvgIpc) is 2.30. The highest BCUT2D eigenvalue weighted by atomic mass is 79.9. The Morgan fingerprint density at radius 1 is 1.33 bits per heavy atom. The maximum atomic E-state index is 13.0. The number of nitrogens with zero attached hydrogens (tertiary/aromatic N) is 2. The first-order valence-corrected chi connectivity index (χ1v) is 5.78. The molecule has 1 aromatic carbocycles. The lowest BCUT2D eigenvalue weighted by Crippen LogP contribution is -2.02. The van der Waals surface area contributed by atoms with Crippen LogP contribution in [0.4, 0.5) is 21.8 Å². The third-order valence-corrected chi connectivity index (χ3v) is 2.53. The molecule has 0 aliphatic heterocycles. The summed E-state index contributed by atoms with van der Waals surface area (Å²) < 4.78 is 18.6. The van der Waals surface area contributed by atoms with Gasteiger partial charge in [-0.05, 0) is 28.1 Å². The van der Waals surface area contributed by atoms with E-state index in [0.29, 0.717) is 27.8 Å². The van der Waals surface area contributed by atoms with Gasteiger partial charge in [0.05, 0.1) is 12.8 Å². The molecule has 2 aromatic rings. The second kappa shape index (κ2) is 5.18. The topological polar surface area (TPSA) is 73.1 Å². The Balaban J connectivity index is 2.33. The fraction of sp³-hybridized carbons (Fsp3) is 0.0909. The number of nitrogen functional groups attached to an aromatic ring is 1. The van der Waals surface area contributed by atoms with Gasteiger partial charge in [0.1, 0.15) is 22.0 Å². The predicted molar refractivity (Wildman–Crippen MR) is 70.4 cm³/mol. The van der Waals surface area contributed by atoms with E-state index in [9.17, 15) is 4.39 Å². The van der Waals surface area contributed by atoms with Crippen LogP contribution in [0, 0.1) is 5.82 Å². The monoisotopic (exact) mass is 312 g/mol. The summed E-state index contributed by atoms with van der Waals surface area (Å²) in [5.41, 5.74) is 6.15. The van der Waals surface area contributed by atoms with Crippen LogP contribution < -0.4 is 15.8 Å². The Kier molecular flexibility index (Phi) is 3.61. The normalized spacial score (nSPS) is 10.2. The summed E-state index contributed by atoms with van der Waals surface area (Å²) in [6.45, 7) is 0. The van der Waals surface area contributed by atoms with Gasteiger partial charge in [-0.3, -0.25) is 0 Å². The molecule has 0 radical (unpaired) electrons. The van der Waals surface area contributed by atoms with Gasteiger partial charge in [0, 0.05) is 12.1 Å². The van der Waals surface area contributed by atoms with E-state index >= 15 is 0 Å². The average molecular weight is 313 g/mol. The van der Waals surface area contributed by atoms with Gasteiger partial charge >= 0.3 is 0 Å². The van der Waals surface area contributed by atoms with Crippen molar-refractivity contribution in [3.8, 4) is 5.75 Å². The molecular weight excluding hydrogens is 303 g/mol. The number of methoxy groups -OCH3 is 1. The van der Waals surface area contributed by atoms with E-state index in [2.05, 4.69) is 31.2 Å². The number of halogens is 2. The summed E-state index contributed by atoms with van der Waals surface area (Å²) in [5, 5.41) is 2.91. The molecule has 0 unspecified atom stereocenters. The van der Waals surface area contributed by atoms with Crippen molar-refractivity contribution in [2.75, 3.05) is 18.2 Å². The fourth-order valence-electron chi connectivity index (χ4n) is 1.38. The summed E-state index contributed by atoms with van der Waals surface area (Å²) in [6, 6.07) is 5.69. The standard InChI is InChI=1S/C11H10BrFN4O/c1-18-8-4-6(13)2-3-7(8)15-11-16-9(12)5-10(14)17-11/h2-5H,1H3,(H3,14,15,16,17). The molecule has 1 aromatic heterocycles. The predicted octanol–water partition coefficient (Wildman–Crippen LogP) is 2.71. The molecule has 0 fully saturated rings. The smallest absolute Gasteiger partial charge is 0.230 e. The van der Waals surface area contributed by atoms with Crippen molar-refractivity contribution < 1.29 is 9.13 Å². The zero-order valence-corrected chi connectivity index (χ0v) is 11.0. The van der Waals surface area contributed by atoms with Crippen LogP contribution in [0.5, 0.6) is 5.75 Å². The van der Waals surface area contributed by atoms with Gasteiger partial charge in [0.15, 0.2) is 0 Å². The van der Waals surface area contributed by atoms with Crippen molar-refractivity contribution in [1.29, 1.82) is 0 Å². The van der Waals surface area contributed by atoms with E-state index in [0.717, 1.165) is 0 Å². The number of benzene rings is 1. The molecule has 0 spiro atoms. The molecule has 0 amide bonds. The van der Waals surface area contributed by atoms with E-state index in [-0.39, 0.29) is 5.82 Å². The molecule has 18 heavy (non-hydrogen) atoms. The second-order valence-electron chi connectivity index (χ2n) is 3.41. The number of nitrogens with two attached hydrogens (primary N) is 1. The van der Waals surface area contributed by atoms with Gasteiger partial charge < -0.3 is 15.8 Å². The zero-order chi connectivity index (χ0) is 13.1. The Morgan fingerprint density at radius 2 is 2.11 bits per heavy atom. The number of anilines is 3. The molecule has 3 N–H and O–H groups in total. The summed E-state index contributed by atoms with van der Waals surface area (Å²) in [7, 11) is 1.45.